The number of carbonyl (C=O) groups excluding carboxylic acids is 1. The van der Waals surface area contributed by atoms with Crippen molar-refractivity contribution in [3.63, 3.8) is 0 Å². The summed E-state index contributed by atoms with van der Waals surface area (Å²) in [6.45, 7) is 7.48. The molecular formula is C17H27N3O5S. The standard InChI is InChI=1S/C17H27N3O5S/c1-5-20(6-2)26(24,25)15-9-7-8-14(10-15)18-16(21)11-19(13(3)4)12-17(22)23/h7-10,13H,5-6,11-12H2,1-4H3,(H,18,21)(H,22,23). The molecule has 8 nitrogen and oxygen atoms in total. The van der Waals surface area contributed by atoms with Crippen LogP contribution in [0.3, 0.4) is 0 Å². The van der Waals surface area contributed by atoms with Gasteiger partial charge in [0.15, 0.2) is 0 Å². The van der Waals surface area contributed by atoms with Crippen LogP contribution in [0.4, 0.5) is 5.69 Å². The largest absolute Gasteiger partial charge is 0.480 e. The van der Waals surface area contributed by atoms with E-state index >= 15 is 0 Å². The molecule has 0 heterocycles. The van der Waals surface area contributed by atoms with Gasteiger partial charge in [-0.3, -0.25) is 14.5 Å². The first-order valence-corrected chi connectivity index (χ1v) is 9.91. The van der Waals surface area contributed by atoms with Crippen LogP contribution in [0.15, 0.2) is 29.2 Å². The van der Waals surface area contributed by atoms with E-state index in [-0.39, 0.29) is 24.0 Å². The molecule has 1 aromatic carbocycles. The fourth-order valence-electron chi connectivity index (χ4n) is 2.43. The minimum atomic E-state index is -3.62. The Morgan fingerprint density at radius 3 is 2.27 bits per heavy atom. The van der Waals surface area contributed by atoms with Crippen LogP contribution in [0.5, 0.6) is 0 Å². The average molecular weight is 385 g/mol. The highest BCUT2D eigenvalue weighted by Crippen LogP contribution is 2.19. The smallest absolute Gasteiger partial charge is 0.317 e. The molecule has 2 N–H and O–H groups in total. The first-order valence-electron chi connectivity index (χ1n) is 8.47. The summed E-state index contributed by atoms with van der Waals surface area (Å²) in [6, 6.07) is 5.92. The Hall–Kier alpha value is -1.97. The molecule has 0 bridgehead atoms. The summed E-state index contributed by atoms with van der Waals surface area (Å²) in [5.41, 5.74) is 0.349. The fourth-order valence-corrected chi connectivity index (χ4v) is 3.93. The van der Waals surface area contributed by atoms with Crippen molar-refractivity contribution < 1.29 is 23.1 Å². The van der Waals surface area contributed by atoms with Gasteiger partial charge in [0.2, 0.25) is 15.9 Å². The van der Waals surface area contributed by atoms with E-state index in [0.717, 1.165) is 0 Å². The number of anilines is 1. The van der Waals surface area contributed by atoms with Gasteiger partial charge in [0.1, 0.15) is 0 Å². The number of nitrogens with zero attached hydrogens (tertiary/aromatic N) is 2. The maximum atomic E-state index is 12.6. The lowest BCUT2D eigenvalue weighted by Crippen LogP contribution is -2.41. The number of hydrogen-bond acceptors (Lipinski definition) is 5. The van der Waals surface area contributed by atoms with Gasteiger partial charge in [-0.2, -0.15) is 4.31 Å². The van der Waals surface area contributed by atoms with Gasteiger partial charge in [-0.15, -0.1) is 0 Å². The average Bonchev–Trinajstić information content (AvgIpc) is 2.54. The van der Waals surface area contributed by atoms with E-state index in [1.54, 1.807) is 39.8 Å². The van der Waals surface area contributed by atoms with Gasteiger partial charge in [0.25, 0.3) is 0 Å². The third-order valence-corrected chi connectivity index (χ3v) is 5.92. The van der Waals surface area contributed by atoms with E-state index < -0.39 is 21.9 Å². The highest BCUT2D eigenvalue weighted by atomic mass is 32.2. The number of carbonyl (C=O) groups is 2. The van der Waals surface area contributed by atoms with Crippen LogP contribution < -0.4 is 5.32 Å². The van der Waals surface area contributed by atoms with Gasteiger partial charge in [-0.1, -0.05) is 19.9 Å². The summed E-state index contributed by atoms with van der Waals surface area (Å²) in [7, 11) is -3.62. The number of nitrogens with one attached hydrogen (secondary N) is 1. The van der Waals surface area contributed by atoms with Gasteiger partial charge in [0.05, 0.1) is 18.0 Å². The Morgan fingerprint density at radius 2 is 1.77 bits per heavy atom. The molecule has 1 amide bonds. The van der Waals surface area contributed by atoms with Crippen LogP contribution in [-0.4, -0.2) is 66.8 Å². The van der Waals surface area contributed by atoms with E-state index in [9.17, 15) is 18.0 Å². The van der Waals surface area contributed by atoms with Gasteiger partial charge < -0.3 is 10.4 Å². The predicted molar refractivity (Wildman–Crippen MR) is 99.5 cm³/mol. The SMILES string of the molecule is CCN(CC)S(=O)(=O)c1cccc(NC(=O)CN(CC(=O)O)C(C)C)c1. The van der Waals surface area contributed by atoms with Crippen molar-refractivity contribution >= 4 is 27.6 Å². The third kappa shape index (κ3) is 6.08. The highest BCUT2D eigenvalue weighted by Gasteiger charge is 2.22. The molecule has 0 aliphatic carbocycles. The molecule has 0 saturated heterocycles. The van der Waals surface area contributed by atoms with Crippen LogP contribution in [0, 0.1) is 0 Å². The van der Waals surface area contributed by atoms with Gasteiger partial charge in [-0.25, -0.2) is 8.42 Å². The van der Waals surface area contributed by atoms with Crippen LogP contribution in [0.2, 0.25) is 0 Å². The maximum absolute atomic E-state index is 12.6. The van der Waals surface area contributed by atoms with Crippen molar-refractivity contribution in [2.75, 3.05) is 31.5 Å². The van der Waals surface area contributed by atoms with Crippen LogP contribution in [-0.2, 0) is 19.6 Å². The minimum absolute atomic E-state index is 0.100. The zero-order chi connectivity index (χ0) is 19.9. The lowest BCUT2D eigenvalue weighted by Gasteiger charge is -2.23. The molecular weight excluding hydrogens is 358 g/mol. The zero-order valence-electron chi connectivity index (χ0n) is 15.6. The van der Waals surface area contributed by atoms with E-state index in [1.807, 2.05) is 0 Å². The lowest BCUT2D eigenvalue weighted by atomic mass is 10.3. The van der Waals surface area contributed by atoms with E-state index in [2.05, 4.69) is 5.32 Å². The molecule has 0 atom stereocenters. The summed E-state index contributed by atoms with van der Waals surface area (Å²) in [5, 5.41) is 11.5. The number of hydrogen-bond donors (Lipinski definition) is 2. The van der Waals surface area contributed by atoms with Crippen molar-refractivity contribution in [3.8, 4) is 0 Å². The summed E-state index contributed by atoms with van der Waals surface area (Å²) in [4.78, 5) is 24.7. The van der Waals surface area contributed by atoms with Gasteiger partial charge in [0, 0.05) is 24.8 Å². The molecule has 0 unspecified atom stereocenters. The summed E-state index contributed by atoms with van der Waals surface area (Å²) < 4.78 is 26.5. The fraction of sp³-hybridized carbons (Fsp3) is 0.529. The maximum Gasteiger partial charge on any atom is 0.317 e. The predicted octanol–water partition coefficient (Wildman–Crippen LogP) is 1.45. The minimum Gasteiger partial charge on any atom is -0.480 e. The molecule has 146 valence electrons. The third-order valence-electron chi connectivity index (χ3n) is 3.88. The molecule has 0 aliphatic rings. The van der Waals surface area contributed by atoms with Crippen LogP contribution >= 0.6 is 0 Å². The Balaban J connectivity index is 2.92. The second kappa shape index (κ2) is 9.65. The second-order valence-electron chi connectivity index (χ2n) is 6.06. The highest BCUT2D eigenvalue weighted by molar-refractivity contribution is 7.89. The van der Waals surface area contributed by atoms with Gasteiger partial charge >= 0.3 is 5.97 Å². The van der Waals surface area contributed by atoms with Crippen LogP contribution in [0.25, 0.3) is 0 Å². The monoisotopic (exact) mass is 385 g/mol. The Morgan fingerprint density at radius 1 is 1.15 bits per heavy atom. The molecule has 0 aliphatic heterocycles. The number of carboxylic acid groups (broad SMARTS) is 1. The molecule has 0 aromatic heterocycles. The molecule has 26 heavy (non-hydrogen) atoms. The number of sulfonamides is 1. The number of carboxylic acids is 1. The first-order chi connectivity index (χ1) is 12.1. The quantitative estimate of drug-likeness (QED) is 0.631. The summed E-state index contributed by atoms with van der Waals surface area (Å²) >= 11 is 0. The molecule has 9 heteroatoms. The van der Waals surface area contributed by atoms with Crippen molar-refractivity contribution in [2.24, 2.45) is 0 Å². The molecule has 0 spiro atoms. The van der Waals surface area contributed by atoms with E-state index in [4.69, 9.17) is 5.11 Å². The second-order valence-corrected chi connectivity index (χ2v) is 8.00. The van der Waals surface area contributed by atoms with Crippen molar-refractivity contribution in [2.45, 2.75) is 38.6 Å². The topological polar surface area (TPSA) is 107 Å². The molecule has 0 saturated carbocycles. The molecule has 0 radical (unpaired) electrons. The number of rotatable bonds is 10. The van der Waals surface area contributed by atoms with Crippen molar-refractivity contribution in [3.05, 3.63) is 24.3 Å². The first kappa shape index (κ1) is 22.1. The summed E-state index contributed by atoms with van der Waals surface area (Å²) in [5.74, 6) is -1.42. The number of aliphatic carboxylic acids is 1. The lowest BCUT2D eigenvalue weighted by molar-refractivity contribution is -0.139. The number of benzene rings is 1. The van der Waals surface area contributed by atoms with Crippen LogP contribution in [0.1, 0.15) is 27.7 Å². The van der Waals surface area contributed by atoms with Gasteiger partial charge in [-0.05, 0) is 32.0 Å². The summed E-state index contributed by atoms with van der Waals surface area (Å²) in [6.07, 6.45) is 0. The molecule has 0 fully saturated rings. The van der Waals surface area contributed by atoms with E-state index in [1.165, 1.54) is 21.3 Å². The van der Waals surface area contributed by atoms with E-state index in [0.29, 0.717) is 18.8 Å². The molecule has 1 aromatic rings. The van der Waals surface area contributed by atoms with Crippen molar-refractivity contribution in [1.29, 1.82) is 0 Å². The Labute approximate surface area is 154 Å². The number of amides is 1. The Bertz CT molecular complexity index is 730. The molecule has 1 rings (SSSR count). The normalized spacial score (nSPS) is 12.0. The Kier molecular flexibility index (Phi) is 8.19. The zero-order valence-corrected chi connectivity index (χ0v) is 16.4. The van der Waals surface area contributed by atoms with Crippen molar-refractivity contribution in [1.82, 2.24) is 9.21 Å².